The van der Waals surface area contributed by atoms with E-state index in [2.05, 4.69) is 4.98 Å². The third-order valence-electron chi connectivity index (χ3n) is 1.91. The van der Waals surface area contributed by atoms with Crippen LogP contribution in [-0.4, -0.2) is 23.7 Å². The Labute approximate surface area is 94.0 Å². The number of rotatable bonds is 5. The van der Waals surface area contributed by atoms with E-state index in [1.807, 2.05) is 6.07 Å². The molecule has 0 aliphatic rings. The normalized spacial score (nSPS) is 11.6. The van der Waals surface area contributed by atoms with Gasteiger partial charge in [0.1, 0.15) is 5.15 Å². The van der Waals surface area contributed by atoms with Gasteiger partial charge in [0.05, 0.1) is 5.75 Å². The highest BCUT2D eigenvalue weighted by Gasteiger charge is 2.03. The van der Waals surface area contributed by atoms with Crippen LogP contribution >= 0.6 is 11.6 Å². The molecule has 6 heteroatoms. The molecule has 0 aromatic carbocycles. The van der Waals surface area contributed by atoms with Crippen molar-refractivity contribution in [1.82, 2.24) is 4.98 Å². The second-order valence-electron chi connectivity index (χ2n) is 3.23. The molecule has 0 spiro atoms. The molecule has 0 bridgehead atoms. The SMILES string of the molecule is O=S(=O)(O)CCCCc1ccc(Cl)nc1. The molecule has 4 nitrogen and oxygen atoms in total. The molecule has 1 N–H and O–H groups in total. The zero-order valence-corrected chi connectivity index (χ0v) is 9.63. The summed E-state index contributed by atoms with van der Waals surface area (Å²) in [7, 11) is -3.82. The van der Waals surface area contributed by atoms with Gasteiger partial charge in [-0.1, -0.05) is 17.7 Å². The molecule has 0 unspecified atom stereocenters. The fourth-order valence-electron chi connectivity index (χ4n) is 1.17. The summed E-state index contributed by atoms with van der Waals surface area (Å²) in [5.74, 6) is -0.186. The van der Waals surface area contributed by atoms with Crippen molar-refractivity contribution in [3.8, 4) is 0 Å². The molecular weight excluding hydrogens is 238 g/mol. The van der Waals surface area contributed by atoms with E-state index >= 15 is 0 Å². The highest BCUT2D eigenvalue weighted by Crippen LogP contribution is 2.08. The Bertz CT molecular complexity index is 402. The maximum Gasteiger partial charge on any atom is 0.264 e. The van der Waals surface area contributed by atoms with E-state index in [1.165, 1.54) is 0 Å². The second kappa shape index (κ2) is 5.44. The molecule has 0 aliphatic carbocycles. The van der Waals surface area contributed by atoms with E-state index < -0.39 is 10.1 Å². The molecular formula is C9H12ClNO3S. The van der Waals surface area contributed by atoms with Crippen LogP contribution in [0.25, 0.3) is 0 Å². The summed E-state index contributed by atoms with van der Waals surface area (Å²) in [5.41, 5.74) is 1.01. The monoisotopic (exact) mass is 249 g/mol. The largest absolute Gasteiger partial charge is 0.286 e. The standard InChI is InChI=1S/C9H12ClNO3S/c10-9-5-4-8(7-11-9)3-1-2-6-15(12,13)14/h4-5,7H,1-3,6H2,(H,12,13,14). The first-order valence-electron chi connectivity index (χ1n) is 4.53. The fraction of sp³-hybridized carbons (Fsp3) is 0.444. The predicted octanol–water partition coefficient (Wildman–Crippen LogP) is 1.95. The highest BCUT2D eigenvalue weighted by atomic mass is 35.5. The van der Waals surface area contributed by atoms with Gasteiger partial charge in [0.2, 0.25) is 0 Å². The Morgan fingerprint density at radius 3 is 2.60 bits per heavy atom. The van der Waals surface area contributed by atoms with E-state index in [4.69, 9.17) is 16.2 Å². The van der Waals surface area contributed by atoms with Crippen molar-refractivity contribution in [3.05, 3.63) is 29.0 Å². The quantitative estimate of drug-likeness (QED) is 0.492. The van der Waals surface area contributed by atoms with Crippen LogP contribution in [0, 0.1) is 0 Å². The predicted molar refractivity (Wildman–Crippen MR) is 58.6 cm³/mol. The minimum Gasteiger partial charge on any atom is -0.286 e. The van der Waals surface area contributed by atoms with Gasteiger partial charge in [0.25, 0.3) is 10.1 Å². The van der Waals surface area contributed by atoms with E-state index in [0.29, 0.717) is 18.0 Å². The summed E-state index contributed by atoms with van der Waals surface area (Å²) in [6, 6.07) is 3.54. The number of hydrogen-bond acceptors (Lipinski definition) is 3. The topological polar surface area (TPSA) is 67.3 Å². The molecule has 0 fully saturated rings. The van der Waals surface area contributed by atoms with Gasteiger partial charge in [0, 0.05) is 6.20 Å². The summed E-state index contributed by atoms with van der Waals surface area (Å²) < 4.78 is 29.3. The van der Waals surface area contributed by atoms with Crippen molar-refractivity contribution >= 4 is 21.7 Å². The van der Waals surface area contributed by atoms with Crippen molar-refractivity contribution < 1.29 is 13.0 Å². The third-order valence-corrected chi connectivity index (χ3v) is 2.93. The molecule has 0 amide bonds. The van der Waals surface area contributed by atoms with Crippen LogP contribution in [-0.2, 0) is 16.5 Å². The lowest BCUT2D eigenvalue weighted by Gasteiger charge is -2.00. The van der Waals surface area contributed by atoms with Gasteiger partial charge in [-0.15, -0.1) is 0 Å². The Balaban J connectivity index is 2.29. The molecule has 0 saturated carbocycles. The summed E-state index contributed by atoms with van der Waals surface area (Å²) in [5, 5.41) is 0.441. The average molecular weight is 250 g/mol. The van der Waals surface area contributed by atoms with Crippen LogP contribution in [0.2, 0.25) is 5.15 Å². The van der Waals surface area contributed by atoms with Crippen LogP contribution in [0.1, 0.15) is 18.4 Å². The van der Waals surface area contributed by atoms with Crippen LogP contribution in [0.4, 0.5) is 0 Å². The number of halogens is 1. The van der Waals surface area contributed by atoms with E-state index in [9.17, 15) is 8.42 Å². The van der Waals surface area contributed by atoms with Gasteiger partial charge in [-0.05, 0) is 30.9 Å². The van der Waals surface area contributed by atoms with Gasteiger partial charge >= 0.3 is 0 Å². The number of unbranched alkanes of at least 4 members (excludes halogenated alkanes) is 1. The number of aryl methyl sites for hydroxylation is 1. The van der Waals surface area contributed by atoms with Crippen molar-refractivity contribution in [3.63, 3.8) is 0 Å². The molecule has 0 aliphatic heterocycles. The summed E-state index contributed by atoms with van der Waals surface area (Å²) in [6.07, 6.45) is 3.54. The molecule has 84 valence electrons. The van der Waals surface area contributed by atoms with Crippen molar-refractivity contribution in [2.75, 3.05) is 5.75 Å². The molecule has 0 radical (unpaired) electrons. The van der Waals surface area contributed by atoms with Crippen LogP contribution < -0.4 is 0 Å². The fourth-order valence-corrected chi connectivity index (χ4v) is 1.85. The summed E-state index contributed by atoms with van der Waals surface area (Å²) >= 11 is 5.61. The van der Waals surface area contributed by atoms with Crippen molar-refractivity contribution in [2.45, 2.75) is 19.3 Å². The molecule has 1 rings (SSSR count). The van der Waals surface area contributed by atoms with Crippen LogP contribution in [0.5, 0.6) is 0 Å². The zero-order valence-electron chi connectivity index (χ0n) is 8.06. The molecule has 1 heterocycles. The zero-order chi connectivity index (χ0) is 11.3. The number of pyridine rings is 1. The Morgan fingerprint density at radius 2 is 2.07 bits per heavy atom. The maximum atomic E-state index is 10.4. The highest BCUT2D eigenvalue weighted by molar-refractivity contribution is 7.85. The Kier molecular flexibility index (Phi) is 4.50. The summed E-state index contributed by atoms with van der Waals surface area (Å²) in [6.45, 7) is 0. The number of nitrogens with zero attached hydrogens (tertiary/aromatic N) is 1. The maximum absolute atomic E-state index is 10.4. The van der Waals surface area contributed by atoms with Gasteiger partial charge in [-0.2, -0.15) is 8.42 Å². The Hall–Kier alpha value is -0.650. The number of aromatic nitrogens is 1. The third kappa shape index (κ3) is 5.71. The minimum absolute atomic E-state index is 0.186. The van der Waals surface area contributed by atoms with Crippen molar-refractivity contribution in [2.24, 2.45) is 0 Å². The van der Waals surface area contributed by atoms with Gasteiger partial charge < -0.3 is 0 Å². The summed E-state index contributed by atoms with van der Waals surface area (Å²) in [4.78, 5) is 3.90. The second-order valence-corrected chi connectivity index (χ2v) is 5.19. The molecule has 0 atom stereocenters. The first-order chi connectivity index (χ1) is 6.97. The smallest absolute Gasteiger partial charge is 0.264 e. The van der Waals surface area contributed by atoms with Gasteiger partial charge in [-0.25, -0.2) is 4.98 Å². The lowest BCUT2D eigenvalue weighted by atomic mass is 10.1. The Morgan fingerprint density at radius 1 is 1.33 bits per heavy atom. The molecule has 15 heavy (non-hydrogen) atoms. The van der Waals surface area contributed by atoms with Crippen LogP contribution in [0.3, 0.4) is 0 Å². The van der Waals surface area contributed by atoms with E-state index in [-0.39, 0.29) is 5.75 Å². The first-order valence-corrected chi connectivity index (χ1v) is 6.52. The molecule has 0 saturated heterocycles. The lowest BCUT2D eigenvalue weighted by molar-refractivity contribution is 0.480. The first kappa shape index (κ1) is 12.4. The van der Waals surface area contributed by atoms with E-state index in [0.717, 1.165) is 12.0 Å². The number of hydrogen-bond donors (Lipinski definition) is 1. The lowest BCUT2D eigenvalue weighted by Crippen LogP contribution is -2.03. The molecule has 1 aromatic rings. The minimum atomic E-state index is -3.82. The average Bonchev–Trinajstić information content (AvgIpc) is 2.14. The van der Waals surface area contributed by atoms with Crippen LogP contribution in [0.15, 0.2) is 18.3 Å². The molecule has 1 aromatic heterocycles. The van der Waals surface area contributed by atoms with Gasteiger partial charge in [-0.3, -0.25) is 4.55 Å². The van der Waals surface area contributed by atoms with Crippen molar-refractivity contribution in [1.29, 1.82) is 0 Å². The van der Waals surface area contributed by atoms with E-state index in [1.54, 1.807) is 12.3 Å². The van der Waals surface area contributed by atoms with Gasteiger partial charge in [0.15, 0.2) is 0 Å².